The van der Waals surface area contributed by atoms with Crippen LogP contribution in [0.2, 0.25) is 10.0 Å². The first-order valence-corrected chi connectivity index (χ1v) is 14.7. The Balaban J connectivity index is 1.41. The Hall–Kier alpha value is -3.44. The van der Waals surface area contributed by atoms with E-state index in [1.165, 1.54) is 54.6 Å². The first-order valence-electron chi connectivity index (χ1n) is 12.5. The highest BCUT2D eigenvalue weighted by atomic mass is 35.5. The lowest BCUT2D eigenvalue weighted by Gasteiger charge is -2.31. The summed E-state index contributed by atoms with van der Waals surface area (Å²) in [7, 11) is -4.12. The zero-order valence-corrected chi connectivity index (χ0v) is 23.6. The number of anilines is 1. The summed E-state index contributed by atoms with van der Waals surface area (Å²) in [5.41, 5.74) is 0.498. The smallest absolute Gasteiger partial charge is 0.261 e. The summed E-state index contributed by atoms with van der Waals surface area (Å²) in [6.07, 6.45) is 1.43. The van der Waals surface area contributed by atoms with Gasteiger partial charge in [0, 0.05) is 41.4 Å². The second kappa shape index (κ2) is 12.8. The van der Waals surface area contributed by atoms with E-state index < -0.39 is 21.7 Å². The van der Waals surface area contributed by atoms with Crippen molar-refractivity contribution in [1.29, 1.82) is 0 Å². The number of rotatable bonds is 9. The van der Waals surface area contributed by atoms with Crippen molar-refractivity contribution < 1.29 is 27.9 Å². The Bertz CT molecular complexity index is 1520. The third-order valence-corrected chi connectivity index (χ3v) is 8.57. The highest BCUT2D eigenvalue weighted by Gasteiger charge is 2.24. The lowest BCUT2D eigenvalue weighted by molar-refractivity contribution is -0.131. The summed E-state index contributed by atoms with van der Waals surface area (Å²) >= 11 is 12.1. The Morgan fingerprint density at radius 3 is 2.25 bits per heavy atom. The third kappa shape index (κ3) is 7.00. The summed E-state index contributed by atoms with van der Waals surface area (Å²) in [4.78, 5) is 39.6. The first-order chi connectivity index (χ1) is 19.1. The molecule has 4 rings (SSSR count). The number of nitrogens with one attached hydrogen (secondary N) is 2. The highest BCUT2D eigenvalue weighted by molar-refractivity contribution is 7.92. The molecule has 1 saturated heterocycles. The molecule has 3 aromatic carbocycles. The van der Waals surface area contributed by atoms with Crippen LogP contribution in [0.3, 0.4) is 0 Å². The van der Waals surface area contributed by atoms with Crippen molar-refractivity contribution in [3.63, 3.8) is 0 Å². The molecule has 9 nitrogen and oxygen atoms in total. The number of halogens is 2. The van der Waals surface area contributed by atoms with Gasteiger partial charge in [-0.2, -0.15) is 0 Å². The number of nitrogens with zero attached hydrogens (tertiary/aromatic N) is 1. The Labute approximate surface area is 242 Å². The van der Waals surface area contributed by atoms with Gasteiger partial charge in [-0.1, -0.05) is 35.3 Å². The number of likely N-dealkylation sites (tertiary alicyclic amines) is 1. The molecule has 0 unspecified atom stereocenters. The van der Waals surface area contributed by atoms with Gasteiger partial charge in [-0.3, -0.25) is 19.1 Å². The Morgan fingerprint density at radius 1 is 0.925 bits per heavy atom. The summed E-state index contributed by atoms with van der Waals surface area (Å²) in [5.74, 6) is -1.04. The largest absolute Gasteiger partial charge is 0.396 e. The molecular weight excluding hydrogens is 577 g/mol. The number of aliphatic hydroxyl groups excluding tert-OH is 1. The van der Waals surface area contributed by atoms with Gasteiger partial charge in [-0.25, -0.2) is 8.42 Å². The van der Waals surface area contributed by atoms with E-state index in [1.54, 1.807) is 17.0 Å². The fourth-order valence-electron chi connectivity index (χ4n) is 4.31. The summed E-state index contributed by atoms with van der Waals surface area (Å²) in [6.45, 7) is 0.970. The average Bonchev–Trinajstić information content (AvgIpc) is 2.95. The van der Waals surface area contributed by atoms with Crippen LogP contribution in [0.1, 0.15) is 39.1 Å². The van der Waals surface area contributed by atoms with Crippen molar-refractivity contribution in [3.05, 3.63) is 93.5 Å². The first kappa shape index (κ1) is 29.5. The number of para-hydroxylation sites is 1. The van der Waals surface area contributed by atoms with E-state index in [-0.39, 0.29) is 57.3 Å². The molecule has 1 aliphatic heterocycles. The number of amides is 2. The molecule has 0 radical (unpaired) electrons. The van der Waals surface area contributed by atoms with Crippen LogP contribution in [-0.4, -0.2) is 62.3 Å². The number of benzene rings is 3. The second-order valence-corrected chi connectivity index (χ2v) is 11.8. The molecule has 0 spiro atoms. The average molecular weight is 605 g/mol. The molecule has 0 aliphatic carbocycles. The van der Waals surface area contributed by atoms with Crippen LogP contribution in [0.5, 0.6) is 0 Å². The second-order valence-electron chi connectivity index (χ2n) is 9.32. The van der Waals surface area contributed by atoms with Crippen molar-refractivity contribution in [2.24, 2.45) is 5.92 Å². The molecule has 0 saturated carbocycles. The number of sulfonamides is 1. The maximum Gasteiger partial charge on any atom is 0.261 e. The number of piperidine rings is 1. The van der Waals surface area contributed by atoms with Crippen LogP contribution in [0.25, 0.3) is 0 Å². The maximum absolute atomic E-state index is 13.1. The summed E-state index contributed by atoms with van der Waals surface area (Å²) < 4.78 is 28.6. The third-order valence-electron chi connectivity index (χ3n) is 6.64. The molecule has 2 amide bonds. The lowest BCUT2D eigenvalue weighted by atomic mass is 9.98. The number of hydrogen-bond acceptors (Lipinski definition) is 6. The zero-order chi connectivity index (χ0) is 28.9. The SMILES string of the molecule is O=C(NCC(=O)N1CCC(CO)CC1)c1ccc(S(=O)(=O)Nc2ccccc2C(=O)c2ccc(Cl)cc2Cl)cc1. The van der Waals surface area contributed by atoms with E-state index in [9.17, 15) is 27.9 Å². The van der Waals surface area contributed by atoms with Gasteiger partial charge in [-0.15, -0.1) is 0 Å². The van der Waals surface area contributed by atoms with Gasteiger partial charge in [0.2, 0.25) is 5.91 Å². The minimum absolute atomic E-state index is 0.0573. The van der Waals surface area contributed by atoms with Gasteiger partial charge >= 0.3 is 0 Å². The van der Waals surface area contributed by atoms with E-state index in [1.807, 2.05) is 0 Å². The summed E-state index contributed by atoms with van der Waals surface area (Å²) in [5, 5.41) is 12.3. The molecule has 1 fully saturated rings. The van der Waals surface area contributed by atoms with E-state index in [0.717, 1.165) is 0 Å². The van der Waals surface area contributed by atoms with Crippen molar-refractivity contribution in [2.45, 2.75) is 17.7 Å². The quantitative estimate of drug-likeness (QED) is 0.317. The number of hydrogen-bond donors (Lipinski definition) is 3. The van der Waals surface area contributed by atoms with Crippen molar-refractivity contribution >= 4 is 56.5 Å². The highest BCUT2D eigenvalue weighted by Crippen LogP contribution is 2.28. The predicted molar refractivity (Wildman–Crippen MR) is 152 cm³/mol. The van der Waals surface area contributed by atoms with Gasteiger partial charge in [0.15, 0.2) is 5.78 Å². The zero-order valence-electron chi connectivity index (χ0n) is 21.3. The summed E-state index contributed by atoms with van der Waals surface area (Å²) in [6, 6.07) is 15.7. The van der Waals surface area contributed by atoms with Gasteiger partial charge in [-0.05, 0) is 73.4 Å². The molecule has 1 aliphatic rings. The molecule has 40 heavy (non-hydrogen) atoms. The Kier molecular flexibility index (Phi) is 9.47. The van der Waals surface area contributed by atoms with Crippen LogP contribution in [0, 0.1) is 5.92 Å². The van der Waals surface area contributed by atoms with Crippen LogP contribution < -0.4 is 10.0 Å². The monoisotopic (exact) mass is 603 g/mol. The molecule has 0 aromatic heterocycles. The number of carbonyl (C=O) groups excluding carboxylic acids is 3. The molecule has 0 bridgehead atoms. The fourth-order valence-corrected chi connectivity index (χ4v) is 5.89. The molecule has 1 heterocycles. The van der Waals surface area contributed by atoms with E-state index >= 15 is 0 Å². The molecule has 3 N–H and O–H groups in total. The molecule has 3 aromatic rings. The van der Waals surface area contributed by atoms with Crippen molar-refractivity contribution in [1.82, 2.24) is 10.2 Å². The molecule has 0 atom stereocenters. The topological polar surface area (TPSA) is 133 Å². The van der Waals surface area contributed by atoms with E-state index in [4.69, 9.17) is 23.2 Å². The van der Waals surface area contributed by atoms with Gasteiger partial charge in [0.1, 0.15) is 0 Å². The van der Waals surface area contributed by atoms with E-state index in [0.29, 0.717) is 31.0 Å². The minimum atomic E-state index is -4.12. The van der Waals surface area contributed by atoms with Crippen LogP contribution in [0.4, 0.5) is 5.69 Å². The minimum Gasteiger partial charge on any atom is -0.396 e. The predicted octanol–water partition coefficient (Wildman–Crippen LogP) is 3.99. The van der Waals surface area contributed by atoms with Gasteiger partial charge < -0.3 is 15.3 Å². The van der Waals surface area contributed by atoms with Crippen LogP contribution >= 0.6 is 23.2 Å². The van der Waals surface area contributed by atoms with Crippen molar-refractivity contribution in [3.8, 4) is 0 Å². The standard InChI is InChI=1S/C28H27Cl2N3O6S/c29-20-7-10-22(24(30)15-20)27(36)23-3-1-2-4-25(23)32-40(38,39)21-8-5-19(6-9-21)28(37)31-16-26(35)33-13-11-18(17-34)12-14-33/h1-10,15,18,32,34H,11-14,16-17H2,(H,31,37). The normalized spacial score (nSPS) is 14.0. The van der Waals surface area contributed by atoms with Gasteiger partial charge in [0.05, 0.1) is 22.2 Å². The molecule has 12 heteroatoms. The van der Waals surface area contributed by atoms with Crippen molar-refractivity contribution in [2.75, 3.05) is 31.0 Å². The van der Waals surface area contributed by atoms with Gasteiger partial charge in [0.25, 0.3) is 15.9 Å². The Morgan fingerprint density at radius 2 is 1.60 bits per heavy atom. The number of aliphatic hydroxyl groups is 1. The van der Waals surface area contributed by atoms with E-state index in [2.05, 4.69) is 10.0 Å². The molecular formula is C28H27Cl2N3O6S. The number of carbonyl (C=O) groups is 3. The number of ketones is 1. The lowest BCUT2D eigenvalue weighted by Crippen LogP contribution is -2.44. The maximum atomic E-state index is 13.1. The fraction of sp³-hybridized carbons (Fsp3) is 0.250. The molecule has 210 valence electrons. The van der Waals surface area contributed by atoms with Crippen LogP contribution in [0.15, 0.2) is 71.6 Å². The van der Waals surface area contributed by atoms with Crippen LogP contribution in [-0.2, 0) is 14.8 Å².